The second-order valence-corrected chi connectivity index (χ2v) is 6.43. The van der Waals surface area contributed by atoms with Crippen molar-refractivity contribution in [1.29, 1.82) is 5.26 Å². The van der Waals surface area contributed by atoms with E-state index in [9.17, 15) is 9.59 Å². The number of aryl methyl sites for hydroxylation is 1. The fourth-order valence-electron chi connectivity index (χ4n) is 1.80. The van der Waals surface area contributed by atoms with E-state index >= 15 is 0 Å². The van der Waals surface area contributed by atoms with Crippen molar-refractivity contribution < 1.29 is 14.3 Å². The molecule has 1 atom stereocenters. The summed E-state index contributed by atoms with van der Waals surface area (Å²) in [6.07, 6.45) is 1.94. The number of aromatic nitrogens is 1. The van der Waals surface area contributed by atoms with E-state index in [0.29, 0.717) is 10.6 Å². The molecule has 0 radical (unpaired) electrons. The summed E-state index contributed by atoms with van der Waals surface area (Å²) in [6.45, 7) is 1.34. The van der Waals surface area contributed by atoms with Crippen LogP contribution in [0, 0.1) is 18.3 Å². The molecule has 1 heterocycles. The zero-order chi connectivity index (χ0) is 16.8. The van der Waals surface area contributed by atoms with Crippen LogP contribution < -0.4 is 0 Å². The highest BCUT2D eigenvalue weighted by Gasteiger charge is 2.24. The largest absolute Gasteiger partial charge is 0.454 e. The van der Waals surface area contributed by atoms with Gasteiger partial charge in [0, 0.05) is 16.0 Å². The first-order chi connectivity index (χ1) is 11.0. The van der Waals surface area contributed by atoms with E-state index in [-0.39, 0.29) is 0 Å². The molecule has 0 aliphatic carbocycles. The Morgan fingerprint density at radius 3 is 2.61 bits per heavy atom. The third-order valence-corrected chi connectivity index (χ3v) is 4.78. The Labute approximate surface area is 142 Å². The average molecular weight is 346 g/mol. The highest BCUT2D eigenvalue weighted by atomic mass is 32.2. The molecule has 0 saturated heterocycles. The molecule has 5 nitrogen and oxygen atoms in total. The van der Waals surface area contributed by atoms with Crippen LogP contribution in [-0.4, -0.2) is 29.6 Å². The van der Waals surface area contributed by atoms with Crippen LogP contribution in [0.3, 0.4) is 0 Å². The summed E-state index contributed by atoms with van der Waals surface area (Å²) in [5, 5.41) is 11.3. The number of nitrogens with zero attached hydrogens (tertiary/aromatic N) is 2. The summed E-state index contributed by atoms with van der Waals surface area (Å²) in [7, 11) is 0. The van der Waals surface area contributed by atoms with E-state index in [2.05, 4.69) is 4.98 Å². The number of esters is 1. The van der Waals surface area contributed by atoms with Crippen LogP contribution >= 0.6 is 23.1 Å². The maximum Gasteiger partial charge on any atom is 0.338 e. The van der Waals surface area contributed by atoms with E-state index in [1.165, 1.54) is 11.3 Å². The second-order valence-electron chi connectivity index (χ2n) is 4.66. The molecule has 7 heteroatoms. The van der Waals surface area contributed by atoms with Gasteiger partial charge in [-0.3, -0.25) is 4.79 Å². The van der Waals surface area contributed by atoms with Crippen molar-refractivity contribution in [2.24, 2.45) is 0 Å². The van der Waals surface area contributed by atoms with Crippen LogP contribution in [-0.2, 0) is 9.53 Å². The zero-order valence-electron chi connectivity index (χ0n) is 12.6. The van der Waals surface area contributed by atoms with Crippen LogP contribution in [0.2, 0.25) is 0 Å². The molecule has 0 unspecified atom stereocenters. The standard InChI is InChI=1S/C16H14N2O3S2/c1-10-9-23-15(18-10)13(7-17)14(19)8-21-16(20)11-3-5-12(22-2)6-4-11/h3-6,9,13H,8H2,1-2H3/t13-/m1/s1. The van der Waals surface area contributed by atoms with E-state index in [1.54, 1.807) is 48.3 Å². The molecule has 0 fully saturated rings. The SMILES string of the molecule is CSc1ccc(C(=O)OCC(=O)[C@@H](C#N)c2nc(C)cs2)cc1. The van der Waals surface area contributed by atoms with Crippen LogP contribution in [0.4, 0.5) is 0 Å². The lowest BCUT2D eigenvalue weighted by Gasteiger charge is -2.07. The summed E-state index contributed by atoms with van der Waals surface area (Å²) in [4.78, 5) is 29.2. The lowest BCUT2D eigenvalue weighted by molar-refractivity contribution is -0.122. The number of thioether (sulfide) groups is 1. The average Bonchev–Trinajstić information content (AvgIpc) is 2.99. The van der Waals surface area contributed by atoms with Gasteiger partial charge in [-0.15, -0.1) is 23.1 Å². The number of ketones is 1. The van der Waals surface area contributed by atoms with Crippen molar-refractivity contribution in [3.8, 4) is 6.07 Å². The molecule has 118 valence electrons. The molecule has 0 bridgehead atoms. The van der Waals surface area contributed by atoms with E-state index in [0.717, 1.165) is 10.6 Å². The predicted octanol–water partition coefficient (Wildman–Crippen LogP) is 3.21. The number of ether oxygens (including phenoxy) is 1. The van der Waals surface area contributed by atoms with Gasteiger partial charge >= 0.3 is 5.97 Å². The molecule has 2 rings (SSSR count). The van der Waals surface area contributed by atoms with Gasteiger partial charge in [0.2, 0.25) is 0 Å². The quantitative estimate of drug-likeness (QED) is 0.590. The number of carbonyl (C=O) groups excluding carboxylic acids is 2. The maximum absolute atomic E-state index is 12.1. The molecule has 1 aromatic carbocycles. The summed E-state index contributed by atoms with van der Waals surface area (Å²) >= 11 is 2.81. The highest BCUT2D eigenvalue weighted by molar-refractivity contribution is 7.98. The Morgan fingerprint density at radius 1 is 1.39 bits per heavy atom. The first kappa shape index (κ1) is 17.2. The van der Waals surface area contributed by atoms with Crippen molar-refractivity contribution >= 4 is 34.9 Å². The highest BCUT2D eigenvalue weighted by Crippen LogP contribution is 2.21. The zero-order valence-corrected chi connectivity index (χ0v) is 14.2. The van der Waals surface area contributed by atoms with Gasteiger partial charge in [0.15, 0.2) is 18.3 Å². The van der Waals surface area contributed by atoms with Crippen LogP contribution in [0.5, 0.6) is 0 Å². The van der Waals surface area contributed by atoms with Gasteiger partial charge in [0.1, 0.15) is 5.01 Å². The van der Waals surface area contributed by atoms with Gasteiger partial charge < -0.3 is 4.74 Å². The molecule has 0 N–H and O–H groups in total. The first-order valence-electron chi connectivity index (χ1n) is 6.70. The van der Waals surface area contributed by atoms with E-state index in [4.69, 9.17) is 10.00 Å². The summed E-state index contributed by atoms with van der Waals surface area (Å²) in [5.41, 5.74) is 1.12. The van der Waals surface area contributed by atoms with Crippen molar-refractivity contribution in [3.05, 3.63) is 45.9 Å². The number of nitriles is 1. The van der Waals surface area contributed by atoms with Gasteiger partial charge in [-0.1, -0.05) is 0 Å². The van der Waals surface area contributed by atoms with Gasteiger partial charge in [-0.25, -0.2) is 9.78 Å². The molecule has 2 aromatic rings. The lowest BCUT2D eigenvalue weighted by atomic mass is 10.1. The van der Waals surface area contributed by atoms with Crippen molar-refractivity contribution in [2.45, 2.75) is 17.7 Å². The summed E-state index contributed by atoms with van der Waals surface area (Å²) < 4.78 is 5.00. The minimum absolute atomic E-state index is 0.370. The molecule has 23 heavy (non-hydrogen) atoms. The van der Waals surface area contributed by atoms with Gasteiger partial charge in [-0.2, -0.15) is 5.26 Å². The number of hydrogen-bond acceptors (Lipinski definition) is 7. The van der Waals surface area contributed by atoms with Crippen LogP contribution in [0.25, 0.3) is 0 Å². The topological polar surface area (TPSA) is 80.0 Å². The monoisotopic (exact) mass is 346 g/mol. The Morgan fingerprint density at radius 2 is 2.09 bits per heavy atom. The Bertz CT molecular complexity index is 747. The maximum atomic E-state index is 12.1. The minimum atomic E-state index is -1.000. The molecule has 0 amide bonds. The molecule has 0 saturated carbocycles. The minimum Gasteiger partial charge on any atom is -0.454 e. The Balaban J connectivity index is 1.97. The van der Waals surface area contributed by atoms with Gasteiger partial charge in [0.05, 0.1) is 11.6 Å². The number of rotatable bonds is 6. The fourth-order valence-corrected chi connectivity index (χ4v) is 3.07. The Kier molecular flexibility index (Phi) is 5.90. The van der Waals surface area contributed by atoms with Gasteiger partial charge in [-0.05, 0) is 37.4 Å². The number of benzene rings is 1. The van der Waals surface area contributed by atoms with Crippen LogP contribution in [0.1, 0.15) is 27.0 Å². The third-order valence-electron chi connectivity index (χ3n) is 3.01. The fraction of sp³-hybridized carbons (Fsp3) is 0.250. The molecular weight excluding hydrogens is 332 g/mol. The van der Waals surface area contributed by atoms with Gasteiger partial charge in [0.25, 0.3) is 0 Å². The molecule has 0 aliphatic heterocycles. The summed E-state index contributed by atoms with van der Waals surface area (Å²) in [6, 6.07) is 8.81. The molecule has 1 aromatic heterocycles. The lowest BCUT2D eigenvalue weighted by Crippen LogP contribution is -2.19. The van der Waals surface area contributed by atoms with Crippen molar-refractivity contribution in [1.82, 2.24) is 4.98 Å². The first-order valence-corrected chi connectivity index (χ1v) is 8.81. The van der Waals surface area contributed by atoms with Crippen molar-refractivity contribution in [2.75, 3.05) is 12.9 Å². The number of carbonyl (C=O) groups is 2. The van der Waals surface area contributed by atoms with E-state index < -0.39 is 24.3 Å². The molecular formula is C16H14N2O3S2. The third kappa shape index (κ3) is 4.41. The predicted molar refractivity (Wildman–Crippen MR) is 88.7 cm³/mol. The Hall–Kier alpha value is -2.17. The number of Topliss-reactive ketones (excluding diaryl/α,β-unsaturated/α-hetero) is 1. The second kappa shape index (κ2) is 7.90. The van der Waals surface area contributed by atoms with Crippen molar-refractivity contribution in [3.63, 3.8) is 0 Å². The number of thiazole rings is 1. The summed E-state index contributed by atoms with van der Waals surface area (Å²) in [5.74, 6) is -2.06. The molecule has 0 aliphatic rings. The molecule has 0 spiro atoms. The van der Waals surface area contributed by atoms with E-state index in [1.807, 2.05) is 12.3 Å². The number of hydrogen-bond donors (Lipinski definition) is 0. The van der Waals surface area contributed by atoms with Crippen LogP contribution in [0.15, 0.2) is 34.5 Å². The normalized spacial score (nSPS) is 11.5. The smallest absolute Gasteiger partial charge is 0.338 e.